The van der Waals surface area contributed by atoms with Crippen LogP contribution in [0.5, 0.6) is 5.75 Å². The van der Waals surface area contributed by atoms with E-state index in [-0.39, 0.29) is 5.91 Å². The first-order valence-corrected chi connectivity index (χ1v) is 8.23. The third-order valence-corrected chi connectivity index (χ3v) is 3.76. The van der Waals surface area contributed by atoms with E-state index in [1.165, 1.54) is 0 Å². The van der Waals surface area contributed by atoms with Gasteiger partial charge in [-0.1, -0.05) is 6.07 Å². The zero-order valence-corrected chi connectivity index (χ0v) is 14.6. The van der Waals surface area contributed by atoms with Crippen molar-refractivity contribution in [3.05, 3.63) is 65.4 Å². The number of nitrogens with one attached hydrogen (secondary N) is 2. The summed E-state index contributed by atoms with van der Waals surface area (Å²) >= 11 is 0. The summed E-state index contributed by atoms with van der Waals surface area (Å²) in [6, 6.07) is 15.3. The lowest BCUT2D eigenvalue weighted by Crippen LogP contribution is -2.12. The van der Waals surface area contributed by atoms with E-state index in [1.54, 1.807) is 6.07 Å². The fourth-order valence-corrected chi connectivity index (χ4v) is 2.72. The van der Waals surface area contributed by atoms with Gasteiger partial charge in [0.2, 0.25) is 0 Å². The molecule has 0 bridgehead atoms. The number of H-pyrrole nitrogens is 1. The van der Waals surface area contributed by atoms with E-state index >= 15 is 0 Å². The molecule has 0 atom stereocenters. The van der Waals surface area contributed by atoms with Crippen molar-refractivity contribution in [1.82, 2.24) is 10.2 Å². The predicted molar refractivity (Wildman–Crippen MR) is 99.1 cm³/mol. The quantitative estimate of drug-likeness (QED) is 0.728. The van der Waals surface area contributed by atoms with E-state index in [4.69, 9.17) is 4.74 Å². The number of benzene rings is 2. The normalized spacial score (nSPS) is 10.5. The fraction of sp³-hybridized carbons (Fsp3) is 0.200. The smallest absolute Gasteiger partial charge is 0.273 e. The number of aromatic amines is 1. The van der Waals surface area contributed by atoms with Gasteiger partial charge in [-0.3, -0.25) is 9.89 Å². The average molecular weight is 335 g/mol. The second-order valence-corrected chi connectivity index (χ2v) is 5.95. The standard InChI is InChI=1S/C20H21N3O2/c1-4-25-17-7-5-15(6-8-17)18-12-19(23-22-18)20(24)21-16-10-13(2)9-14(3)11-16/h5-12H,4H2,1-3H3,(H,21,24)(H,22,23). The number of anilines is 1. The summed E-state index contributed by atoms with van der Waals surface area (Å²) in [5, 5.41) is 9.93. The van der Waals surface area contributed by atoms with Gasteiger partial charge in [-0.05, 0) is 74.4 Å². The van der Waals surface area contributed by atoms with Gasteiger partial charge in [0.15, 0.2) is 0 Å². The molecule has 0 fully saturated rings. The van der Waals surface area contributed by atoms with E-state index in [1.807, 2.05) is 57.2 Å². The van der Waals surface area contributed by atoms with E-state index < -0.39 is 0 Å². The van der Waals surface area contributed by atoms with Crippen LogP contribution in [0.1, 0.15) is 28.5 Å². The van der Waals surface area contributed by atoms with Crippen LogP contribution in [0.15, 0.2) is 48.5 Å². The van der Waals surface area contributed by atoms with E-state index in [2.05, 4.69) is 21.6 Å². The summed E-state index contributed by atoms with van der Waals surface area (Å²) in [5.74, 6) is 0.601. The Kier molecular flexibility index (Phi) is 4.84. The molecule has 2 N–H and O–H groups in total. The van der Waals surface area contributed by atoms with Crippen LogP contribution in [0.25, 0.3) is 11.3 Å². The molecule has 0 spiro atoms. The molecule has 0 unspecified atom stereocenters. The Bertz CT molecular complexity index is 862. The molecule has 0 aliphatic rings. The minimum absolute atomic E-state index is 0.213. The lowest BCUT2D eigenvalue weighted by molar-refractivity contribution is 0.102. The zero-order valence-electron chi connectivity index (χ0n) is 14.6. The van der Waals surface area contributed by atoms with Crippen LogP contribution in [-0.2, 0) is 0 Å². The minimum Gasteiger partial charge on any atom is -0.494 e. The predicted octanol–water partition coefficient (Wildman–Crippen LogP) is 4.34. The first kappa shape index (κ1) is 16.8. The van der Waals surface area contributed by atoms with Crippen LogP contribution >= 0.6 is 0 Å². The van der Waals surface area contributed by atoms with E-state index in [0.29, 0.717) is 18.0 Å². The number of amides is 1. The summed E-state index contributed by atoms with van der Waals surface area (Å²) in [5.41, 5.74) is 5.05. The molecule has 1 aromatic heterocycles. The number of hydrogen-bond acceptors (Lipinski definition) is 3. The molecule has 3 rings (SSSR count). The van der Waals surface area contributed by atoms with Gasteiger partial charge in [0.25, 0.3) is 5.91 Å². The molecule has 2 aromatic carbocycles. The van der Waals surface area contributed by atoms with Crippen LogP contribution in [0.2, 0.25) is 0 Å². The SMILES string of the molecule is CCOc1ccc(-c2cc(C(=O)Nc3cc(C)cc(C)c3)[nH]n2)cc1. The molecule has 0 saturated carbocycles. The maximum Gasteiger partial charge on any atom is 0.273 e. The van der Waals surface area contributed by atoms with Gasteiger partial charge in [0.05, 0.1) is 12.3 Å². The van der Waals surface area contributed by atoms with Gasteiger partial charge in [0, 0.05) is 11.3 Å². The summed E-state index contributed by atoms with van der Waals surface area (Å²) in [6.45, 7) is 6.58. The summed E-state index contributed by atoms with van der Waals surface area (Å²) in [7, 11) is 0. The lowest BCUT2D eigenvalue weighted by atomic mass is 10.1. The number of carbonyl (C=O) groups is 1. The van der Waals surface area contributed by atoms with E-state index in [9.17, 15) is 4.79 Å². The monoisotopic (exact) mass is 335 g/mol. The molecular formula is C20H21N3O2. The summed E-state index contributed by atoms with van der Waals surface area (Å²) in [4.78, 5) is 12.4. The Morgan fingerprint density at radius 1 is 1.08 bits per heavy atom. The van der Waals surface area contributed by atoms with E-state index in [0.717, 1.165) is 28.1 Å². The van der Waals surface area contributed by atoms with Gasteiger partial charge in [-0.25, -0.2) is 0 Å². The topological polar surface area (TPSA) is 67.0 Å². The van der Waals surface area contributed by atoms with Crippen LogP contribution in [-0.4, -0.2) is 22.7 Å². The largest absolute Gasteiger partial charge is 0.494 e. The molecule has 128 valence electrons. The van der Waals surface area contributed by atoms with Crippen molar-refractivity contribution in [2.24, 2.45) is 0 Å². The van der Waals surface area contributed by atoms with Crippen molar-refractivity contribution >= 4 is 11.6 Å². The van der Waals surface area contributed by atoms with Crippen molar-refractivity contribution < 1.29 is 9.53 Å². The molecule has 5 nitrogen and oxygen atoms in total. The molecule has 0 saturated heterocycles. The molecule has 0 aliphatic heterocycles. The highest BCUT2D eigenvalue weighted by atomic mass is 16.5. The first-order chi connectivity index (χ1) is 12.0. The molecule has 0 radical (unpaired) electrons. The minimum atomic E-state index is -0.213. The lowest BCUT2D eigenvalue weighted by Gasteiger charge is -2.06. The Balaban J connectivity index is 1.75. The highest BCUT2D eigenvalue weighted by Gasteiger charge is 2.12. The van der Waals surface area contributed by atoms with Gasteiger partial charge in [-0.2, -0.15) is 5.10 Å². The molecule has 3 aromatic rings. The van der Waals surface area contributed by atoms with Gasteiger partial charge < -0.3 is 10.1 Å². The Morgan fingerprint density at radius 3 is 2.40 bits per heavy atom. The number of nitrogens with zero attached hydrogens (tertiary/aromatic N) is 1. The van der Waals surface area contributed by atoms with Gasteiger partial charge >= 0.3 is 0 Å². The maximum atomic E-state index is 12.4. The second kappa shape index (κ2) is 7.21. The number of hydrogen-bond donors (Lipinski definition) is 2. The molecule has 1 heterocycles. The number of aromatic nitrogens is 2. The van der Waals surface area contributed by atoms with Crippen LogP contribution < -0.4 is 10.1 Å². The van der Waals surface area contributed by atoms with Crippen molar-refractivity contribution in [2.75, 3.05) is 11.9 Å². The Hall–Kier alpha value is -3.08. The Labute approximate surface area is 147 Å². The highest BCUT2D eigenvalue weighted by Crippen LogP contribution is 2.22. The number of carbonyl (C=O) groups excluding carboxylic acids is 1. The fourth-order valence-electron chi connectivity index (χ4n) is 2.72. The molecule has 5 heteroatoms. The second-order valence-electron chi connectivity index (χ2n) is 5.95. The number of aryl methyl sites for hydroxylation is 2. The average Bonchev–Trinajstić information content (AvgIpc) is 3.05. The van der Waals surface area contributed by atoms with Crippen LogP contribution in [0.4, 0.5) is 5.69 Å². The van der Waals surface area contributed by atoms with Gasteiger partial charge in [-0.15, -0.1) is 0 Å². The third-order valence-electron chi connectivity index (χ3n) is 3.76. The van der Waals surface area contributed by atoms with Crippen molar-refractivity contribution in [1.29, 1.82) is 0 Å². The van der Waals surface area contributed by atoms with Crippen LogP contribution in [0.3, 0.4) is 0 Å². The van der Waals surface area contributed by atoms with Gasteiger partial charge in [0.1, 0.15) is 11.4 Å². The molecule has 1 amide bonds. The molecular weight excluding hydrogens is 314 g/mol. The van der Waals surface area contributed by atoms with Crippen molar-refractivity contribution in [2.45, 2.75) is 20.8 Å². The summed E-state index contributed by atoms with van der Waals surface area (Å²) < 4.78 is 5.43. The molecule has 25 heavy (non-hydrogen) atoms. The first-order valence-electron chi connectivity index (χ1n) is 8.23. The zero-order chi connectivity index (χ0) is 17.8. The molecule has 0 aliphatic carbocycles. The van der Waals surface area contributed by atoms with Crippen molar-refractivity contribution in [3.63, 3.8) is 0 Å². The third kappa shape index (κ3) is 4.07. The maximum absolute atomic E-state index is 12.4. The van der Waals surface area contributed by atoms with Crippen LogP contribution in [0, 0.1) is 13.8 Å². The number of rotatable bonds is 5. The Morgan fingerprint density at radius 2 is 1.76 bits per heavy atom. The number of ether oxygens (including phenoxy) is 1. The highest BCUT2D eigenvalue weighted by molar-refractivity contribution is 6.03. The summed E-state index contributed by atoms with van der Waals surface area (Å²) in [6.07, 6.45) is 0. The van der Waals surface area contributed by atoms with Crippen molar-refractivity contribution in [3.8, 4) is 17.0 Å².